The molecule has 2 aromatic rings. The van der Waals surface area contributed by atoms with Crippen molar-refractivity contribution in [2.24, 2.45) is 0 Å². The summed E-state index contributed by atoms with van der Waals surface area (Å²) in [5.74, 6) is 1.33. The average molecular weight is 339 g/mol. The Kier molecular flexibility index (Phi) is 4.57. The standard InChI is InChI=1S/C20H25N3O2/c1-22-11-9-17(10-12-22)23(14-15-5-3-2-4-6-15)20(24)18-13-19(25-21-18)16-7-8-16/h2-6,13,16-17H,7-12,14H2,1H3. The Balaban J connectivity index is 1.55. The number of amides is 1. The van der Waals surface area contributed by atoms with Crippen LogP contribution in [-0.4, -0.2) is 47.0 Å². The topological polar surface area (TPSA) is 49.6 Å². The van der Waals surface area contributed by atoms with Gasteiger partial charge in [-0.05, 0) is 51.4 Å². The molecule has 1 saturated heterocycles. The number of likely N-dealkylation sites (tertiary alicyclic amines) is 1. The highest BCUT2D eigenvalue weighted by Crippen LogP contribution is 2.40. The van der Waals surface area contributed by atoms with Gasteiger partial charge in [-0.25, -0.2) is 0 Å². The van der Waals surface area contributed by atoms with Crippen LogP contribution in [0.1, 0.15) is 53.4 Å². The SMILES string of the molecule is CN1CCC(N(Cc2ccccc2)C(=O)c2cc(C3CC3)on2)CC1. The van der Waals surface area contributed by atoms with Gasteiger partial charge in [-0.2, -0.15) is 0 Å². The summed E-state index contributed by atoms with van der Waals surface area (Å²) in [4.78, 5) is 17.5. The van der Waals surface area contributed by atoms with E-state index in [1.165, 1.54) is 0 Å². The van der Waals surface area contributed by atoms with E-state index in [0.717, 1.165) is 50.1 Å². The molecule has 1 aromatic carbocycles. The normalized spacial score (nSPS) is 19.1. The molecule has 0 N–H and O–H groups in total. The lowest BCUT2D eigenvalue weighted by Gasteiger charge is -2.37. The van der Waals surface area contributed by atoms with Crippen LogP contribution in [0.2, 0.25) is 0 Å². The summed E-state index contributed by atoms with van der Waals surface area (Å²) in [5, 5.41) is 4.07. The summed E-state index contributed by atoms with van der Waals surface area (Å²) in [6, 6.07) is 12.3. The van der Waals surface area contributed by atoms with E-state index in [0.29, 0.717) is 18.2 Å². The Morgan fingerprint density at radius 3 is 2.60 bits per heavy atom. The maximum atomic E-state index is 13.2. The Hall–Kier alpha value is -2.14. The highest BCUT2D eigenvalue weighted by molar-refractivity contribution is 5.92. The van der Waals surface area contributed by atoms with Gasteiger partial charge in [0.1, 0.15) is 5.76 Å². The lowest BCUT2D eigenvalue weighted by Crippen LogP contribution is -2.46. The van der Waals surface area contributed by atoms with Crippen molar-refractivity contribution in [3.63, 3.8) is 0 Å². The zero-order valence-corrected chi connectivity index (χ0v) is 14.7. The van der Waals surface area contributed by atoms with Crippen molar-refractivity contribution in [2.75, 3.05) is 20.1 Å². The third kappa shape index (κ3) is 3.76. The van der Waals surface area contributed by atoms with Crippen LogP contribution in [0.25, 0.3) is 0 Å². The monoisotopic (exact) mass is 339 g/mol. The summed E-state index contributed by atoms with van der Waals surface area (Å²) < 4.78 is 5.41. The first-order valence-corrected chi connectivity index (χ1v) is 9.21. The molecule has 1 aliphatic carbocycles. The van der Waals surface area contributed by atoms with Crippen molar-refractivity contribution in [1.82, 2.24) is 15.0 Å². The number of carbonyl (C=O) groups is 1. The third-order valence-corrected chi connectivity index (χ3v) is 5.31. The summed E-state index contributed by atoms with van der Waals surface area (Å²) in [6.07, 6.45) is 4.29. The highest BCUT2D eigenvalue weighted by atomic mass is 16.5. The van der Waals surface area contributed by atoms with E-state index in [-0.39, 0.29) is 11.9 Å². The molecule has 0 unspecified atom stereocenters. The summed E-state index contributed by atoms with van der Waals surface area (Å²) in [7, 11) is 2.14. The fourth-order valence-corrected chi connectivity index (χ4v) is 3.55. The number of nitrogens with zero attached hydrogens (tertiary/aromatic N) is 3. The van der Waals surface area contributed by atoms with Crippen molar-refractivity contribution < 1.29 is 9.32 Å². The highest BCUT2D eigenvalue weighted by Gasteiger charge is 2.32. The quantitative estimate of drug-likeness (QED) is 0.839. The number of piperidine rings is 1. The molecular weight excluding hydrogens is 314 g/mol. The van der Waals surface area contributed by atoms with Crippen molar-refractivity contribution in [1.29, 1.82) is 0 Å². The summed E-state index contributed by atoms with van der Waals surface area (Å²) >= 11 is 0. The molecule has 2 fully saturated rings. The van der Waals surface area contributed by atoms with Crippen molar-refractivity contribution in [3.8, 4) is 0 Å². The molecule has 5 heteroatoms. The molecule has 2 aliphatic rings. The van der Waals surface area contributed by atoms with Gasteiger partial charge in [0.15, 0.2) is 5.69 Å². The minimum Gasteiger partial charge on any atom is -0.360 e. The number of hydrogen-bond donors (Lipinski definition) is 0. The summed E-state index contributed by atoms with van der Waals surface area (Å²) in [6.45, 7) is 2.67. The smallest absolute Gasteiger partial charge is 0.276 e. The number of rotatable bonds is 5. The Bertz CT molecular complexity index is 716. The second-order valence-corrected chi connectivity index (χ2v) is 7.34. The molecule has 25 heavy (non-hydrogen) atoms. The molecule has 2 heterocycles. The molecule has 0 atom stereocenters. The molecule has 1 aromatic heterocycles. The van der Waals surface area contributed by atoms with E-state index in [2.05, 4.69) is 29.2 Å². The lowest BCUT2D eigenvalue weighted by atomic mass is 10.0. The fraction of sp³-hybridized carbons (Fsp3) is 0.500. The minimum absolute atomic E-state index is 0.00550. The van der Waals surface area contributed by atoms with Gasteiger partial charge in [-0.1, -0.05) is 35.5 Å². The Morgan fingerprint density at radius 1 is 1.20 bits per heavy atom. The predicted octanol–water partition coefficient (Wildman–Crippen LogP) is 3.29. The number of hydrogen-bond acceptors (Lipinski definition) is 4. The molecular formula is C20H25N3O2. The van der Waals surface area contributed by atoms with E-state index in [1.54, 1.807) is 0 Å². The van der Waals surface area contributed by atoms with Gasteiger partial charge in [0.2, 0.25) is 0 Å². The lowest BCUT2D eigenvalue weighted by molar-refractivity contribution is 0.0559. The zero-order chi connectivity index (χ0) is 17.2. The minimum atomic E-state index is -0.00550. The van der Waals surface area contributed by atoms with Crippen LogP contribution in [0.15, 0.2) is 40.9 Å². The van der Waals surface area contributed by atoms with Gasteiger partial charge in [0.05, 0.1) is 0 Å². The van der Waals surface area contributed by atoms with Crippen molar-refractivity contribution >= 4 is 5.91 Å². The van der Waals surface area contributed by atoms with Gasteiger partial charge < -0.3 is 14.3 Å². The van der Waals surface area contributed by atoms with E-state index in [9.17, 15) is 4.79 Å². The summed E-state index contributed by atoms with van der Waals surface area (Å²) in [5.41, 5.74) is 1.61. The van der Waals surface area contributed by atoms with Crippen molar-refractivity contribution in [2.45, 2.75) is 44.2 Å². The molecule has 5 nitrogen and oxygen atoms in total. The first-order valence-electron chi connectivity index (χ1n) is 9.21. The van der Waals surface area contributed by atoms with Crippen LogP contribution in [-0.2, 0) is 6.54 Å². The van der Waals surface area contributed by atoms with E-state index in [1.807, 2.05) is 29.2 Å². The van der Waals surface area contributed by atoms with Crippen LogP contribution in [0.4, 0.5) is 0 Å². The Morgan fingerprint density at radius 2 is 1.92 bits per heavy atom. The van der Waals surface area contributed by atoms with E-state index < -0.39 is 0 Å². The number of carbonyl (C=O) groups excluding carboxylic acids is 1. The van der Waals surface area contributed by atoms with Crippen LogP contribution < -0.4 is 0 Å². The average Bonchev–Trinajstić information content (AvgIpc) is 3.38. The molecule has 1 saturated carbocycles. The molecule has 0 radical (unpaired) electrons. The largest absolute Gasteiger partial charge is 0.360 e. The van der Waals surface area contributed by atoms with Gasteiger partial charge in [0, 0.05) is 24.6 Å². The van der Waals surface area contributed by atoms with Crippen LogP contribution >= 0.6 is 0 Å². The first kappa shape index (κ1) is 16.3. The predicted molar refractivity (Wildman–Crippen MR) is 95.3 cm³/mol. The first-order chi connectivity index (χ1) is 12.2. The maximum absolute atomic E-state index is 13.2. The Labute approximate surface area is 148 Å². The molecule has 0 bridgehead atoms. The van der Waals surface area contributed by atoms with Gasteiger partial charge in [-0.3, -0.25) is 4.79 Å². The molecule has 0 spiro atoms. The second kappa shape index (κ2) is 7.00. The van der Waals surface area contributed by atoms with Gasteiger partial charge in [-0.15, -0.1) is 0 Å². The maximum Gasteiger partial charge on any atom is 0.276 e. The molecule has 4 rings (SSSR count). The van der Waals surface area contributed by atoms with Crippen LogP contribution in [0.3, 0.4) is 0 Å². The van der Waals surface area contributed by atoms with E-state index in [4.69, 9.17) is 4.52 Å². The zero-order valence-electron chi connectivity index (χ0n) is 14.7. The van der Waals surface area contributed by atoms with Crippen LogP contribution in [0, 0.1) is 0 Å². The van der Waals surface area contributed by atoms with Gasteiger partial charge >= 0.3 is 0 Å². The van der Waals surface area contributed by atoms with E-state index >= 15 is 0 Å². The molecule has 1 amide bonds. The van der Waals surface area contributed by atoms with Crippen LogP contribution in [0.5, 0.6) is 0 Å². The van der Waals surface area contributed by atoms with Gasteiger partial charge in [0.25, 0.3) is 5.91 Å². The number of benzene rings is 1. The number of aromatic nitrogens is 1. The molecule has 1 aliphatic heterocycles. The second-order valence-electron chi connectivity index (χ2n) is 7.34. The third-order valence-electron chi connectivity index (χ3n) is 5.31. The van der Waals surface area contributed by atoms with Crippen molar-refractivity contribution in [3.05, 3.63) is 53.4 Å². The fourth-order valence-electron chi connectivity index (χ4n) is 3.55. The molecule has 132 valence electrons.